The fourth-order valence-corrected chi connectivity index (χ4v) is 4.75. The first kappa shape index (κ1) is 18.3. The molecule has 1 fully saturated rings. The highest BCUT2D eigenvalue weighted by Gasteiger charge is 2.26. The fraction of sp³-hybridized carbons (Fsp3) is 0.316. The summed E-state index contributed by atoms with van der Waals surface area (Å²) in [7, 11) is 0. The largest absolute Gasteiger partial charge is 0.485 e. The lowest BCUT2D eigenvalue weighted by atomic mass is 10.2. The Balaban J connectivity index is 1.28. The Bertz CT molecular complexity index is 1020. The van der Waals surface area contributed by atoms with Crippen LogP contribution in [0.5, 0.6) is 11.5 Å². The van der Waals surface area contributed by atoms with Gasteiger partial charge in [0.2, 0.25) is 0 Å². The number of nitrogens with one attached hydrogen (secondary N) is 1. The third-order valence-electron chi connectivity index (χ3n) is 4.64. The zero-order chi connectivity index (χ0) is 19.6. The van der Waals surface area contributed by atoms with E-state index < -0.39 is 0 Å². The molecule has 1 unspecified atom stereocenters. The number of rotatable bonds is 4. The van der Waals surface area contributed by atoms with E-state index in [0.717, 1.165) is 23.8 Å². The maximum Gasteiger partial charge on any atom is 0.275 e. The molecule has 3 aromatic rings. The monoisotopic (exact) mass is 430 g/mol. The predicted octanol–water partition coefficient (Wildman–Crippen LogP) is 3.20. The van der Waals surface area contributed by atoms with Crippen LogP contribution < -0.4 is 19.7 Å². The number of fused-ring (bicyclic) bond motifs is 1. The van der Waals surface area contributed by atoms with Gasteiger partial charge in [0.15, 0.2) is 17.6 Å². The summed E-state index contributed by atoms with van der Waals surface area (Å²) in [5.41, 5.74) is 1.05. The number of thiazole rings is 1. The van der Waals surface area contributed by atoms with Gasteiger partial charge in [-0.15, -0.1) is 11.3 Å². The van der Waals surface area contributed by atoms with Crippen molar-refractivity contribution >= 4 is 39.5 Å². The highest BCUT2D eigenvalue weighted by Crippen LogP contribution is 2.37. The molecule has 1 N–H and O–H groups in total. The summed E-state index contributed by atoms with van der Waals surface area (Å²) >= 11 is 2.75. The van der Waals surface area contributed by atoms with Crippen molar-refractivity contribution in [3.05, 3.63) is 46.5 Å². The average Bonchev–Trinajstić information content (AvgIpc) is 3.44. The summed E-state index contributed by atoms with van der Waals surface area (Å²) in [6.07, 6.45) is 1.35. The van der Waals surface area contributed by atoms with Gasteiger partial charge in [-0.2, -0.15) is 4.37 Å². The standard InChI is InChI=1S/C19H18N4O4S2/c24-17(21-12-9-20-29-19(12)23-5-7-25-8-6-23)13-11-28-18(22-13)16-10-26-14-3-1-2-4-15(14)27-16/h1-4,9,11,16H,5-8,10H2,(H,21,24). The highest BCUT2D eigenvalue weighted by molar-refractivity contribution is 7.11. The summed E-state index contributed by atoms with van der Waals surface area (Å²) < 4.78 is 21.4. The third kappa shape index (κ3) is 3.78. The molecule has 8 nitrogen and oxygen atoms in total. The summed E-state index contributed by atoms with van der Waals surface area (Å²) in [5.74, 6) is 1.14. The number of anilines is 2. The Morgan fingerprint density at radius 2 is 2.03 bits per heavy atom. The molecule has 0 bridgehead atoms. The van der Waals surface area contributed by atoms with Crippen molar-refractivity contribution in [2.24, 2.45) is 0 Å². The molecule has 5 rings (SSSR count). The maximum absolute atomic E-state index is 12.7. The first-order chi connectivity index (χ1) is 14.3. The molecular weight excluding hydrogens is 412 g/mol. The molecule has 10 heteroatoms. The van der Waals surface area contributed by atoms with E-state index in [0.29, 0.717) is 42.0 Å². The van der Waals surface area contributed by atoms with Crippen LogP contribution in [0.15, 0.2) is 35.8 Å². The van der Waals surface area contributed by atoms with Crippen molar-refractivity contribution in [2.75, 3.05) is 43.1 Å². The van der Waals surface area contributed by atoms with Gasteiger partial charge in [0, 0.05) is 18.5 Å². The van der Waals surface area contributed by atoms with Gasteiger partial charge in [-0.05, 0) is 23.7 Å². The maximum atomic E-state index is 12.7. The van der Waals surface area contributed by atoms with Crippen LogP contribution in [0, 0.1) is 0 Å². The number of carbonyl (C=O) groups is 1. The number of carbonyl (C=O) groups excluding carboxylic acids is 1. The van der Waals surface area contributed by atoms with Gasteiger partial charge in [-0.1, -0.05) is 12.1 Å². The number of benzene rings is 1. The van der Waals surface area contributed by atoms with E-state index in [1.54, 1.807) is 11.6 Å². The van der Waals surface area contributed by atoms with Crippen molar-refractivity contribution < 1.29 is 19.0 Å². The summed E-state index contributed by atoms with van der Waals surface area (Å²) in [6, 6.07) is 7.53. The quantitative estimate of drug-likeness (QED) is 0.680. The van der Waals surface area contributed by atoms with Crippen molar-refractivity contribution in [1.82, 2.24) is 9.36 Å². The molecule has 0 radical (unpaired) electrons. The van der Waals surface area contributed by atoms with Crippen molar-refractivity contribution in [3.63, 3.8) is 0 Å². The summed E-state index contributed by atoms with van der Waals surface area (Å²) in [4.78, 5) is 19.4. The van der Waals surface area contributed by atoms with Crippen LogP contribution in [0.25, 0.3) is 0 Å². The van der Waals surface area contributed by atoms with E-state index in [2.05, 4.69) is 19.6 Å². The van der Waals surface area contributed by atoms with Gasteiger partial charge in [0.25, 0.3) is 5.91 Å². The molecule has 4 heterocycles. The number of ether oxygens (including phenoxy) is 3. The second-order valence-electron chi connectivity index (χ2n) is 6.53. The van der Waals surface area contributed by atoms with Crippen molar-refractivity contribution in [2.45, 2.75) is 6.10 Å². The van der Waals surface area contributed by atoms with E-state index in [9.17, 15) is 4.79 Å². The molecular formula is C19H18N4O4S2. The van der Waals surface area contributed by atoms with Crippen molar-refractivity contribution in [1.29, 1.82) is 0 Å². The van der Waals surface area contributed by atoms with Gasteiger partial charge in [0.1, 0.15) is 22.3 Å². The zero-order valence-corrected chi connectivity index (χ0v) is 17.0. The van der Waals surface area contributed by atoms with Crippen molar-refractivity contribution in [3.8, 4) is 11.5 Å². The van der Waals surface area contributed by atoms with E-state index >= 15 is 0 Å². The van der Waals surface area contributed by atoms with Crippen LogP contribution >= 0.6 is 22.9 Å². The molecule has 0 saturated carbocycles. The van der Waals surface area contributed by atoms with Gasteiger partial charge in [-0.3, -0.25) is 4.79 Å². The number of amides is 1. The molecule has 2 aromatic heterocycles. The van der Waals surface area contributed by atoms with Gasteiger partial charge in [-0.25, -0.2) is 4.98 Å². The van der Waals surface area contributed by atoms with E-state index in [1.807, 2.05) is 24.3 Å². The Kier molecular flexibility index (Phi) is 5.04. The topological polar surface area (TPSA) is 85.8 Å². The zero-order valence-electron chi connectivity index (χ0n) is 15.4. The molecule has 1 amide bonds. The summed E-state index contributed by atoms with van der Waals surface area (Å²) in [6.45, 7) is 3.28. The van der Waals surface area contributed by atoms with E-state index in [1.165, 1.54) is 22.9 Å². The average molecular weight is 431 g/mol. The highest BCUT2D eigenvalue weighted by atomic mass is 32.1. The minimum absolute atomic E-state index is 0.265. The van der Waals surface area contributed by atoms with Gasteiger partial charge in [0.05, 0.1) is 25.1 Å². The molecule has 2 aliphatic heterocycles. The summed E-state index contributed by atoms with van der Waals surface area (Å²) in [5, 5.41) is 6.33. The molecule has 29 heavy (non-hydrogen) atoms. The molecule has 0 aliphatic carbocycles. The Labute approximate surface area is 175 Å². The second kappa shape index (κ2) is 7.97. The normalized spacial score (nSPS) is 18.5. The lowest BCUT2D eigenvalue weighted by Crippen LogP contribution is -2.36. The Morgan fingerprint density at radius 3 is 2.90 bits per heavy atom. The Hall–Kier alpha value is -2.69. The van der Waals surface area contributed by atoms with E-state index in [-0.39, 0.29) is 12.0 Å². The number of nitrogens with zero attached hydrogens (tertiary/aromatic N) is 3. The molecule has 150 valence electrons. The fourth-order valence-electron chi connectivity index (χ4n) is 3.18. The minimum atomic E-state index is -0.330. The van der Waals surface area contributed by atoms with Crippen LogP contribution in [0.3, 0.4) is 0 Å². The first-order valence-electron chi connectivity index (χ1n) is 9.20. The van der Waals surface area contributed by atoms with Crippen LogP contribution in [-0.2, 0) is 4.74 Å². The van der Waals surface area contributed by atoms with Gasteiger partial charge >= 0.3 is 0 Å². The van der Waals surface area contributed by atoms with Crippen LogP contribution in [0.2, 0.25) is 0 Å². The number of aromatic nitrogens is 2. The van der Waals surface area contributed by atoms with E-state index in [4.69, 9.17) is 14.2 Å². The lowest BCUT2D eigenvalue weighted by molar-refractivity contribution is 0.0906. The molecule has 2 aliphatic rings. The minimum Gasteiger partial charge on any atom is -0.485 e. The number of para-hydroxylation sites is 2. The van der Waals surface area contributed by atoms with Crippen LogP contribution in [-0.4, -0.2) is 48.2 Å². The predicted molar refractivity (Wildman–Crippen MR) is 111 cm³/mol. The Morgan fingerprint density at radius 1 is 1.21 bits per heavy atom. The molecule has 1 atom stereocenters. The molecule has 1 saturated heterocycles. The first-order valence-corrected chi connectivity index (χ1v) is 10.9. The SMILES string of the molecule is O=C(Nc1cnsc1N1CCOCC1)c1csc(C2COc3ccccc3O2)n1. The van der Waals surface area contributed by atoms with Gasteiger partial charge < -0.3 is 24.4 Å². The molecule has 0 spiro atoms. The smallest absolute Gasteiger partial charge is 0.275 e. The molecule has 1 aromatic carbocycles. The third-order valence-corrected chi connectivity index (χ3v) is 6.44. The van der Waals surface area contributed by atoms with Crippen LogP contribution in [0.4, 0.5) is 10.7 Å². The number of hydrogen-bond donors (Lipinski definition) is 1. The number of hydrogen-bond acceptors (Lipinski definition) is 9. The van der Waals surface area contributed by atoms with Crippen LogP contribution in [0.1, 0.15) is 21.6 Å². The number of morpholine rings is 1. The second-order valence-corrected chi connectivity index (χ2v) is 8.20. The lowest BCUT2D eigenvalue weighted by Gasteiger charge is -2.27.